The van der Waals surface area contributed by atoms with Crippen LogP contribution >= 0.6 is 11.6 Å². The summed E-state index contributed by atoms with van der Waals surface area (Å²) in [6.45, 7) is 2.36. The molecule has 0 aliphatic carbocycles. The van der Waals surface area contributed by atoms with E-state index in [0.29, 0.717) is 23.8 Å². The van der Waals surface area contributed by atoms with Gasteiger partial charge in [-0.25, -0.2) is 13.2 Å². The summed E-state index contributed by atoms with van der Waals surface area (Å²) in [6.07, 6.45) is 3.75. The van der Waals surface area contributed by atoms with E-state index >= 15 is 0 Å². The van der Waals surface area contributed by atoms with Crippen molar-refractivity contribution in [3.63, 3.8) is 0 Å². The quantitative estimate of drug-likeness (QED) is 0.652. The molecule has 1 saturated heterocycles. The fraction of sp³-hybridized carbons (Fsp3) is 0.364. The largest absolute Gasteiger partial charge is 0.452 e. The van der Waals surface area contributed by atoms with Crippen molar-refractivity contribution in [2.24, 2.45) is 0 Å². The van der Waals surface area contributed by atoms with Crippen molar-refractivity contribution in [3.8, 4) is 0 Å². The van der Waals surface area contributed by atoms with Crippen LogP contribution < -0.4 is 5.32 Å². The molecule has 2 aromatic carbocycles. The van der Waals surface area contributed by atoms with Crippen LogP contribution in [-0.4, -0.2) is 44.3 Å². The van der Waals surface area contributed by atoms with E-state index in [1.54, 1.807) is 18.2 Å². The number of ether oxygens (including phenoxy) is 1. The topological polar surface area (TPSA) is 92.8 Å². The highest BCUT2D eigenvalue weighted by molar-refractivity contribution is 7.89. The summed E-state index contributed by atoms with van der Waals surface area (Å²) in [5, 5.41) is 3.12. The van der Waals surface area contributed by atoms with Crippen molar-refractivity contribution in [2.75, 3.05) is 25.0 Å². The molecule has 1 N–H and O–H groups in total. The van der Waals surface area contributed by atoms with Crippen LogP contribution in [0.4, 0.5) is 5.69 Å². The van der Waals surface area contributed by atoms with Gasteiger partial charge in [-0.2, -0.15) is 4.31 Å². The van der Waals surface area contributed by atoms with E-state index in [1.165, 1.54) is 28.6 Å². The number of aryl methyl sites for hydroxylation is 1. The van der Waals surface area contributed by atoms with Crippen LogP contribution in [0.25, 0.3) is 0 Å². The molecule has 3 rings (SSSR count). The van der Waals surface area contributed by atoms with Gasteiger partial charge in [-0.1, -0.05) is 30.5 Å². The van der Waals surface area contributed by atoms with E-state index in [4.69, 9.17) is 16.3 Å². The molecular weight excluding hydrogens is 440 g/mol. The van der Waals surface area contributed by atoms with Crippen LogP contribution in [-0.2, 0) is 19.6 Å². The Bertz CT molecular complexity index is 1050. The van der Waals surface area contributed by atoms with E-state index in [0.717, 1.165) is 31.2 Å². The molecule has 7 nitrogen and oxygen atoms in total. The zero-order valence-electron chi connectivity index (χ0n) is 17.3. The lowest BCUT2D eigenvalue weighted by Gasteiger charge is -2.20. The number of halogens is 1. The molecule has 2 aromatic rings. The van der Waals surface area contributed by atoms with E-state index < -0.39 is 28.5 Å². The smallest absolute Gasteiger partial charge is 0.338 e. The van der Waals surface area contributed by atoms with E-state index in [9.17, 15) is 18.0 Å². The molecule has 1 heterocycles. The standard InChI is InChI=1S/C22H25ClN2O5S/c1-16-6-9-18(23)14-20(16)24-21(26)15-30-22(27)17-7-10-19(11-8-17)31(28,29)25-12-4-2-3-5-13-25/h6-11,14H,2-5,12-13,15H2,1H3,(H,24,26). The lowest BCUT2D eigenvalue weighted by Crippen LogP contribution is -2.31. The molecule has 1 aliphatic heterocycles. The van der Waals surface area contributed by atoms with Crippen LogP contribution in [0.5, 0.6) is 0 Å². The number of sulfonamides is 1. The van der Waals surface area contributed by atoms with Crippen molar-refractivity contribution in [2.45, 2.75) is 37.5 Å². The molecule has 1 amide bonds. The number of rotatable bonds is 6. The molecule has 9 heteroatoms. The van der Waals surface area contributed by atoms with Crippen molar-refractivity contribution in [1.29, 1.82) is 0 Å². The van der Waals surface area contributed by atoms with Crippen molar-refractivity contribution in [3.05, 3.63) is 58.6 Å². The second kappa shape index (κ2) is 10.3. The van der Waals surface area contributed by atoms with Crippen LogP contribution in [0.15, 0.2) is 47.4 Å². The number of nitrogens with one attached hydrogen (secondary N) is 1. The number of esters is 1. The number of hydrogen-bond acceptors (Lipinski definition) is 5. The van der Waals surface area contributed by atoms with Crippen LogP contribution in [0, 0.1) is 6.92 Å². The average molecular weight is 465 g/mol. The molecule has 0 saturated carbocycles. The summed E-state index contributed by atoms with van der Waals surface area (Å²) in [7, 11) is -3.59. The normalized spacial score (nSPS) is 15.2. The molecule has 1 aliphatic rings. The molecular formula is C22H25ClN2O5S. The third-order valence-electron chi connectivity index (χ3n) is 5.10. The highest BCUT2D eigenvalue weighted by Crippen LogP contribution is 2.22. The SMILES string of the molecule is Cc1ccc(Cl)cc1NC(=O)COC(=O)c1ccc(S(=O)(=O)N2CCCCCC2)cc1. The number of carbonyl (C=O) groups excluding carboxylic acids is 2. The van der Waals surface area contributed by atoms with Gasteiger partial charge in [0.1, 0.15) is 0 Å². The first-order valence-electron chi connectivity index (χ1n) is 10.1. The maximum absolute atomic E-state index is 12.8. The van der Waals surface area contributed by atoms with Gasteiger partial charge < -0.3 is 10.1 Å². The zero-order chi connectivity index (χ0) is 22.4. The van der Waals surface area contributed by atoms with Crippen LogP contribution in [0.1, 0.15) is 41.6 Å². The van der Waals surface area contributed by atoms with Gasteiger partial charge in [0.05, 0.1) is 10.5 Å². The predicted molar refractivity (Wildman–Crippen MR) is 119 cm³/mol. The van der Waals surface area contributed by atoms with Crippen molar-refractivity contribution < 1.29 is 22.7 Å². The van der Waals surface area contributed by atoms with E-state index in [2.05, 4.69) is 5.32 Å². The van der Waals surface area contributed by atoms with E-state index in [-0.39, 0.29) is 10.5 Å². The summed E-state index contributed by atoms with van der Waals surface area (Å²) in [4.78, 5) is 24.5. The Morgan fingerprint density at radius 3 is 2.32 bits per heavy atom. The number of hydrogen-bond donors (Lipinski definition) is 1. The number of carbonyl (C=O) groups is 2. The van der Waals surface area contributed by atoms with Crippen LogP contribution in [0.3, 0.4) is 0 Å². The number of anilines is 1. The fourth-order valence-corrected chi connectivity index (χ4v) is 5.01. The molecule has 0 unspecified atom stereocenters. The number of benzene rings is 2. The molecule has 31 heavy (non-hydrogen) atoms. The molecule has 0 radical (unpaired) electrons. The third-order valence-corrected chi connectivity index (χ3v) is 7.25. The van der Waals surface area contributed by atoms with E-state index in [1.807, 2.05) is 6.92 Å². The summed E-state index contributed by atoms with van der Waals surface area (Å²) in [6, 6.07) is 10.7. The maximum Gasteiger partial charge on any atom is 0.338 e. The predicted octanol–water partition coefficient (Wildman–Crippen LogP) is 4.01. The van der Waals surface area contributed by atoms with Crippen molar-refractivity contribution in [1.82, 2.24) is 4.31 Å². The average Bonchev–Trinajstić information content (AvgIpc) is 3.05. The Labute approximate surface area is 187 Å². The summed E-state index contributed by atoms with van der Waals surface area (Å²) < 4.78 is 32.2. The first-order valence-corrected chi connectivity index (χ1v) is 11.9. The van der Waals surface area contributed by atoms with Gasteiger partial charge in [-0.15, -0.1) is 0 Å². The highest BCUT2D eigenvalue weighted by Gasteiger charge is 2.25. The van der Waals surface area contributed by atoms with Gasteiger partial charge in [0.15, 0.2) is 6.61 Å². The Balaban J connectivity index is 1.58. The van der Waals surface area contributed by atoms with Gasteiger partial charge >= 0.3 is 5.97 Å². The van der Waals surface area contributed by atoms with Gasteiger partial charge in [-0.05, 0) is 61.7 Å². The Kier molecular flexibility index (Phi) is 7.69. The number of nitrogens with zero attached hydrogens (tertiary/aromatic N) is 1. The van der Waals surface area contributed by atoms with Gasteiger partial charge in [0, 0.05) is 23.8 Å². The lowest BCUT2D eigenvalue weighted by molar-refractivity contribution is -0.119. The lowest BCUT2D eigenvalue weighted by atomic mass is 10.2. The second-order valence-electron chi connectivity index (χ2n) is 7.43. The second-order valence-corrected chi connectivity index (χ2v) is 9.80. The molecule has 0 spiro atoms. The zero-order valence-corrected chi connectivity index (χ0v) is 18.8. The molecule has 0 bridgehead atoms. The maximum atomic E-state index is 12.8. The minimum Gasteiger partial charge on any atom is -0.452 e. The summed E-state index contributed by atoms with van der Waals surface area (Å²) in [5.74, 6) is -1.21. The molecule has 1 fully saturated rings. The third kappa shape index (κ3) is 6.06. The van der Waals surface area contributed by atoms with Gasteiger partial charge in [0.2, 0.25) is 10.0 Å². The first-order chi connectivity index (χ1) is 14.8. The Morgan fingerprint density at radius 1 is 1.03 bits per heavy atom. The van der Waals surface area contributed by atoms with Crippen molar-refractivity contribution >= 4 is 39.2 Å². The van der Waals surface area contributed by atoms with Crippen LogP contribution in [0.2, 0.25) is 5.02 Å². The summed E-state index contributed by atoms with van der Waals surface area (Å²) in [5.41, 5.74) is 1.53. The van der Waals surface area contributed by atoms with Gasteiger partial charge in [0.25, 0.3) is 5.91 Å². The Hall–Kier alpha value is -2.42. The molecule has 166 valence electrons. The summed E-state index contributed by atoms with van der Waals surface area (Å²) >= 11 is 5.93. The first kappa shape index (κ1) is 23.2. The Morgan fingerprint density at radius 2 is 1.68 bits per heavy atom. The minimum absolute atomic E-state index is 0.139. The molecule has 0 aromatic heterocycles. The van der Waals surface area contributed by atoms with Gasteiger partial charge in [-0.3, -0.25) is 4.79 Å². The molecule has 0 atom stereocenters. The highest BCUT2D eigenvalue weighted by atomic mass is 35.5. The fourth-order valence-electron chi connectivity index (χ4n) is 3.32. The number of amides is 1. The minimum atomic E-state index is -3.59. The monoisotopic (exact) mass is 464 g/mol.